The Kier molecular flexibility index (Phi) is 6.32. The molecule has 7 nitrogen and oxygen atoms in total. The quantitative estimate of drug-likeness (QED) is 0.506. The van der Waals surface area contributed by atoms with Crippen molar-refractivity contribution >= 4 is 41.5 Å². The Balaban J connectivity index is 1.89. The molecular formula is C21H24N3O4S+. The van der Waals surface area contributed by atoms with E-state index in [1.165, 1.54) is 23.4 Å². The topological polar surface area (TPSA) is 79.1 Å². The van der Waals surface area contributed by atoms with Gasteiger partial charge in [0, 0.05) is 10.5 Å². The number of thioether (sulfide) groups is 1. The number of amidine groups is 1. The minimum Gasteiger partial charge on any atom is -0.497 e. The summed E-state index contributed by atoms with van der Waals surface area (Å²) in [6, 6.07) is 6.55. The van der Waals surface area contributed by atoms with Gasteiger partial charge in [-0.05, 0) is 36.3 Å². The van der Waals surface area contributed by atoms with Crippen molar-refractivity contribution in [2.45, 2.75) is 19.8 Å². The van der Waals surface area contributed by atoms with Crippen molar-refractivity contribution < 1.29 is 23.7 Å². The number of rotatable bonds is 7. The maximum Gasteiger partial charge on any atom is 0.445 e. The molecule has 29 heavy (non-hydrogen) atoms. The van der Waals surface area contributed by atoms with E-state index in [0.29, 0.717) is 17.1 Å². The van der Waals surface area contributed by atoms with E-state index in [-0.39, 0.29) is 17.4 Å². The van der Waals surface area contributed by atoms with E-state index < -0.39 is 11.9 Å². The van der Waals surface area contributed by atoms with Crippen LogP contribution in [0.4, 0.5) is 4.79 Å². The third-order valence-corrected chi connectivity index (χ3v) is 6.19. The molecular weight excluding hydrogens is 390 g/mol. The van der Waals surface area contributed by atoms with Crippen molar-refractivity contribution in [1.29, 1.82) is 0 Å². The van der Waals surface area contributed by atoms with E-state index in [1.54, 1.807) is 44.6 Å². The van der Waals surface area contributed by atoms with Gasteiger partial charge in [-0.3, -0.25) is 9.59 Å². The van der Waals surface area contributed by atoms with Crippen molar-refractivity contribution in [1.82, 2.24) is 4.90 Å². The fourth-order valence-corrected chi connectivity index (χ4v) is 4.50. The van der Waals surface area contributed by atoms with Crippen LogP contribution in [-0.2, 0) is 4.79 Å². The van der Waals surface area contributed by atoms with Gasteiger partial charge in [-0.1, -0.05) is 13.3 Å². The SMILES string of the molecule is CCCC1=C(SCC(=O)c2ccc(OC)cc2)C2C(=O)N(C)C(=O)[N+](C)=C2N=C1. The molecule has 1 atom stereocenters. The Morgan fingerprint density at radius 3 is 2.59 bits per heavy atom. The molecule has 1 aromatic carbocycles. The van der Waals surface area contributed by atoms with E-state index in [9.17, 15) is 14.4 Å². The van der Waals surface area contributed by atoms with Crippen LogP contribution in [0.3, 0.4) is 0 Å². The number of dihydropyridines is 1. The van der Waals surface area contributed by atoms with E-state index in [4.69, 9.17) is 4.74 Å². The van der Waals surface area contributed by atoms with Gasteiger partial charge in [0.05, 0.1) is 27.0 Å². The molecule has 3 rings (SSSR count). The van der Waals surface area contributed by atoms with Crippen molar-refractivity contribution in [2.24, 2.45) is 10.9 Å². The number of hydrogen-bond acceptors (Lipinski definition) is 6. The lowest BCUT2D eigenvalue weighted by atomic mass is 9.96. The summed E-state index contributed by atoms with van der Waals surface area (Å²) >= 11 is 1.35. The van der Waals surface area contributed by atoms with Crippen LogP contribution < -0.4 is 4.74 Å². The number of ketones is 1. The first kappa shape index (κ1) is 21.0. The highest BCUT2D eigenvalue weighted by atomic mass is 32.2. The number of benzene rings is 1. The molecule has 1 aromatic rings. The zero-order valence-corrected chi connectivity index (χ0v) is 17.8. The number of methoxy groups -OCH3 is 1. The third kappa shape index (κ3) is 4.03. The number of carbonyl (C=O) groups excluding carboxylic acids is 3. The van der Waals surface area contributed by atoms with Crippen molar-refractivity contribution in [3.05, 3.63) is 40.3 Å². The predicted octanol–water partition coefficient (Wildman–Crippen LogP) is 3.00. The Morgan fingerprint density at radius 2 is 1.97 bits per heavy atom. The molecule has 0 aliphatic carbocycles. The summed E-state index contributed by atoms with van der Waals surface area (Å²) in [6.07, 6.45) is 3.36. The number of allylic oxidation sites excluding steroid dienone is 1. The van der Waals surface area contributed by atoms with E-state index >= 15 is 0 Å². The van der Waals surface area contributed by atoms with Crippen LogP contribution in [0.25, 0.3) is 0 Å². The minimum atomic E-state index is -0.650. The van der Waals surface area contributed by atoms with Gasteiger partial charge in [0.1, 0.15) is 12.0 Å². The van der Waals surface area contributed by atoms with E-state index in [1.807, 2.05) is 0 Å². The third-order valence-electron chi connectivity index (χ3n) is 4.97. The summed E-state index contributed by atoms with van der Waals surface area (Å²) in [5.74, 6) is 0.300. The van der Waals surface area contributed by atoms with Crippen LogP contribution in [0, 0.1) is 5.92 Å². The summed E-state index contributed by atoms with van der Waals surface area (Å²) < 4.78 is 6.53. The fraction of sp³-hybridized carbons (Fsp3) is 0.381. The summed E-state index contributed by atoms with van der Waals surface area (Å²) in [5.41, 5.74) is 1.53. The highest BCUT2D eigenvalue weighted by Crippen LogP contribution is 2.36. The average Bonchev–Trinajstić information content (AvgIpc) is 2.74. The van der Waals surface area contributed by atoms with Gasteiger partial charge >= 0.3 is 11.9 Å². The molecule has 2 aliphatic heterocycles. The molecule has 0 saturated carbocycles. The predicted molar refractivity (Wildman–Crippen MR) is 113 cm³/mol. The lowest BCUT2D eigenvalue weighted by molar-refractivity contribution is -0.407. The number of nitrogens with zero attached hydrogens (tertiary/aromatic N) is 3. The first-order valence-electron chi connectivity index (χ1n) is 9.38. The highest BCUT2D eigenvalue weighted by molar-refractivity contribution is 8.03. The molecule has 8 heteroatoms. The normalized spacial score (nSPS) is 19.0. The van der Waals surface area contributed by atoms with Gasteiger partial charge in [-0.15, -0.1) is 16.8 Å². The standard InChI is InChI=1S/C21H24N3O4S/c1-5-6-14-11-22-19-17(20(26)24(3)21(27)23(19)2)18(14)29-12-16(25)13-7-9-15(28-4)10-8-13/h7-11,17H,5-6,12H2,1-4H3/q+1. The lowest BCUT2D eigenvalue weighted by Gasteiger charge is -2.28. The van der Waals surface area contributed by atoms with Gasteiger partial charge < -0.3 is 4.74 Å². The lowest BCUT2D eigenvalue weighted by Crippen LogP contribution is -2.52. The largest absolute Gasteiger partial charge is 0.497 e. The maximum absolute atomic E-state index is 12.9. The summed E-state index contributed by atoms with van der Waals surface area (Å²) in [4.78, 5) is 44.2. The van der Waals surface area contributed by atoms with Crippen LogP contribution >= 0.6 is 11.8 Å². The highest BCUT2D eigenvalue weighted by Gasteiger charge is 2.48. The van der Waals surface area contributed by atoms with Crippen LogP contribution in [0.1, 0.15) is 30.1 Å². The second kappa shape index (κ2) is 8.73. The second-order valence-corrected chi connectivity index (χ2v) is 7.89. The van der Waals surface area contributed by atoms with E-state index in [0.717, 1.165) is 28.2 Å². The minimum absolute atomic E-state index is 0.0360. The molecule has 3 amide bonds. The number of Topliss-reactive ketones (excluding diaryl/α,β-unsaturated/α-hetero) is 1. The Morgan fingerprint density at radius 1 is 1.28 bits per heavy atom. The summed E-state index contributed by atoms with van der Waals surface area (Å²) in [6.45, 7) is 2.05. The molecule has 0 spiro atoms. The van der Waals surface area contributed by atoms with Crippen molar-refractivity contribution in [3.8, 4) is 5.75 Å². The average molecular weight is 415 g/mol. The first-order valence-corrected chi connectivity index (χ1v) is 10.4. The molecule has 0 saturated heterocycles. The number of fused-ring (bicyclic) bond motifs is 1. The Labute approximate surface area is 174 Å². The molecule has 0 N–H and O–H groups in total. The number of urea groups is 1. The molecule has 2 heterocycles. The number of imide groups is 1. The zero-order chi connectivity index (χ0) is 21.1. The van der Waals surface area contributed by atoms with Crippen LogP contribution in [0.2, 0.25) is 0 Å². The maximum atomic E-state index is 12.9. The number of ether oxygens (including phenoxy) is 1. The molecule has 2 aliphatic rings. The molecule has 0 aromatic heterocycles. The van der Waals surface area contributed by atoms with Gasteiger partial charge in [-0.2, -0.15) is 9.48 Å². The van der Waals surface area contributed by atoms with Gasteiger partial charge in [0.2, 0.25) is 0 Å². The summed E-state index contributed by atoms with van der Waals surface area (Å²) in [5, 5.41) is 0. The van der Waals surface area contributed by atoms with E-state index in [2.05, 4.69) is 11.9 Å². The molecule has 0 fully saturated rings. The van der Waals surface area contributed by atoms with Crippen molar-refractivity contribution in [3.63, 3.8) is 0 Å². The van der Waals surface area contributed by atoms with Crippen LogP contribution in [-0.4, -0.2) is 66.2 Å². The second-order valence-electron chi connectivity index (χ2n) is 6.87. The van der Waals surface area contributed by atoms with Crippen LogP contribution in [0.5, 0.6) is 5.75 Å². The molecule has 0 radical (unpaired) electrons. The zero-order valence-electron chi connectivity index (χ0n) is 17.0. The Hall–Kier alpha value is -2.74. The van der Waals surface area contributed by atoms with Crippen molar-refractivity contribution in [2.75, 3.05) is 27.0 Å². The monoisotopic (exact) mass is 414 g/mol. The number of hydrogen-bond donors (Lipinski definition) is 0. The van der Waals surface area contributed by atoms with Crippen LogP contribution in [0.15, 0.2) is 39.7 Å². The Bertz CT molecular complexity index is 947. The first-order chi connectivity index (χ1) is 13.9. The molecule has 1 unspecified atom stereocenters. The summed E-state index contributed by atoms with van der Waals surface area (Å²) in [7, 11) is 4.66. The van der Waals surface area contributed by atoms with Gasteiger partial charge in [0.15, 0.2) is 11.7 Å². The number of amides is 3. The molecule has 0 bridgehead atoms. The number of carbonyl (C=O) groups is 3. The van der Waals surface area contributed by atoms with Gasteiger partial charge in [-0.25, -0.2) is 4.79 Å². The number of aliphatic imine (C=N–C) groups is 1. The smallest absolute Gasteiger partial charge is 0.445 e. The van der Waals surface area contributed by atoms with Gasteiger partial charge in [0.25, 0.3) is 5.84 Å². The molecule has 152 valence electrons. The fourth-order valence-electron chi connectivity index (χ4n) is 3.34.